The minimum Gasteiger partial charge on any atom is -0.489 e. The summed E-state index contributed by atoms with van der Waals surface area (Å²) < 4.78 is 18.7. The summed E-state index contributed by atoms with van der Waals surface area (Å²) in [6.07, 6.45) is 0. The fourth-order valence-electron chi connectivity index (χ4n) is 2.44. The van der Waals surface area contributed by atoms with Crippen molar-refractivity contribution in [2.24, 2.45) is 0 Å². The topological polar surface area (TPSA) is 24.5 Å². The molecule has 0 aromatic heterocycles. The maximum absolute atomic E-state index is 12.9. The first-order valence-electron chi connectivity index (χ1n) is 7.24. The maximum Gasteiger partial charge on any atom is 0.123 e. The lowest BCUT2D eigenvalue weighted by Gasteiger charge is -2.29. The molecule has 0 bridgehead atoms. The van der Waals surface area contributed by atoms with Crippen LogP contribution in [0, 0.1) is 5.82 Å². The van der Waals surface area contributed by atoms with Crippen molar-refractivity contribution in [3.8, 4) is 5.75 Å². The van der Waals surface area contributed by atoms with E-state index in [2.05, 4.69) is 22.3 Å². The van der Waals surface area contributed by atoms with Crippen molar-refractivity contribution in [1.82, 2.24) is 5.32 Å². The zero-order valence-corrected chi connectivity index (χ0v) is 11.9. The van der Waals surface area contributed by atoms with Gasteiger partial charge in [0.15, 0.2) is 0 Å². The Balaban J connectivity index is 1.64. The molecule has 110 valence electrons. The van der Waals surface area contributed by atoms with E-state index >= 15 is 0 Å². The Morgan fingerprint density at radius 2 is 1.81 bits per heavy atom. The minimum absolute atomic E-state index is 0.223. The minimum atomic E-state index is -0.223. The summed E-state index contributed by atoms with van der Waals surface area (Å²) in [5.74, 6) is 0.620. The monoisotopic (exact) mass is 286 g/mol. The highest BCUT2D eigenvalue weighted by Crippen LogP contribution is 2.22. The van der Waals surface area contributed by atoms with Crippen LogP contribution in [0.3, 0.4) is 0 Å². The van der Waals surface area contributed by atoms with Crippen LogP contribution in [0.15, 0.2) is 48.5 Å². The maximum atomic E-state index is 12.9. The van der Waals surface area contributed by atoms with Crippen molar-refractivity contribution < 1.29 is 9.13 Å². The summed E-state index contributed by atoms with van der Waals surface area (Å²) in [5.41, 5.74) is 2.15. The number of halogens is 1. The van der Waals surface area contributed by atoms with Crippen LogP contribution in [0.25, 0.3) is 0 Å². The molecule has 3 nitrogen and oxygen atoms in total. The number of nitrogens with zero attached hydrogens (tertiary/aromatic N) is 1. The number of ether oxygens (including phenoxy) is 1. The Morgan fingerprint density at radius 3 is 2.57 bits per heavy atom. The van der Waals surface area contributed by atoms with Crippen LogP contribution >= 0.6 is 0 Å². The lowest BCUT2D eigenvalue weighted by molar-refractivity contribution is 0.306. The highest BCUT2D eigenvalue weighted by Gasteiger charge is 2.10. The first-order chi connectivity index (χ1) is 10.3. The van der Waals surface area contributed by atoms with Crippen LogP contribution in [-0.2, 0) is 6.61 Å². The van der Waals surface area contributed by atoms with Gasteiger partial charge < -0.3 is 15.0 Å². The molecule has 1 aliphatic rings. The van der Waals surface area contributed by atoms with Gasteiger partial charge in [-0.05, 0) is 29.8 Å². The summed E-state index contributed by atoms with van der Waals surface area (Å²) in [6, 6.07) is 14.5. The smallest absolute Gasteiger partial charge is 0.123 e. The molecule has 2 aromatic carbocycles. The van der Waals surface area contributed by atoms with Gasteiger partial charge in [0.25, 0.3) is 0 Å². The van der Waals surface area contributed by atoms with E-state index in [1.807, 2.05) is 12.1 Å². The third-order valence-electron chi connectivity index (χ3n) is 3.62. The highest BCUT2D eigenvalue weighted by atomic mass is 19.1. The molecule has 3 rings (SSSR count). The van der Waals surface area contributed by atoms with Gasteiger partial charge in [0, 0.05) is 37.9 Å². The van der Waals surface area contributed by atoms with Gasteiger partial charge in [-0.25, -0.2) is 4.39 Å². The van der Waals surface area contributed by atoms with Crippen molar-refractivity contribution in [1.29, 1.82) is 0 Å². The average Bonchev–Trinajstić information content (AvgIpc) is 2.55. The Morgan fingerprint density at radius 1 is 1.05 bits per heavy atom. The standard InChI is InChI=1S/C17H19FN2O/c18-15-6-4-14(5-7-15)13-21-17-3-1-2-16(12-17)20-10-8-19-9-11-20/h1-7,12,19H,8-11,13H2. The first-order valence-corrected chi connectivity index (χ1v) is 7.24. The van der Waals surface area contributed by atoms with Gasteiger partial charge >= 0.3 is 0 Å². The van der Waals surface area contributed by atoms with E-state index in [-0.39, 0.29) is 5.82 Å². The fourth-order valence-corrected chi connectivity index (χ4v) is 2.44. The molecule has 0 spiro atoms. The fraction of sp³-hybridized carbons (Fsp3) is 0.294. The summed E-state index contributed by atoms with van der Waals surface area (Å²) in [5, 5.41) is 3.35. The molecule has 1 N–H and O–H groups in total. The predicted molar refractivity (Wildman–Crippen MR) is 82.3 cm³/mol. The van der Waals surface area contributed by atoms with Gasteiger partial charge in [-0.15, -0.1) is 0 Å². The number of nitrogens with one attached hydrogen (secondary N) is 1. The summed E-state index contributed by atoms with van der Waals surface area (Å²) in [6.45, 7) is 4.51. The van der Waals surface area contributed by atoms with E-state index in [0.29, 0.717) is 6.61 Å². The SMILES string of the molecule is Fc1ccc(COc2cccc(N3CCNCC3)c2)cc1. The van der Waals surface area contributed by atoms with E-state index in [0.717, 1.165) is 37.5 Å². The van der Waals surface area contributed by atoms with Crippen LogP contribution in [0.2, 0.25) is 0 Å². The third-order valence-corrected chi connectivity index (χ3v) is 3.62. The molecule has 0 atom stereocenters. The Bertz CT molecular complexity index is 580. The molecule has 1 aliphatic heterocycles. The Kier molecular flexibility index (Phi) is 4.36. The van der Waals surface area contributed by atoms with Crippen molar-refractivity contribution in [3.05, 3.63) is 59.9 Å². The van der Waals surface area contributed by atoms with E-state index < -0.39 is 0 Å². The van der Waals surface area contributed by atoms with Gasteiger partial charge in [-0.1, -0.05) is 18.2 Å². The van der Waals surface area contributed by atoms with Gasteiger partial charge in [-0.2, -0.15) is 0 Å². The molecule has 0 radical (unpaired) electrons. The van der Waals surface area contributed by atoms with Crippen molar-refractivity contribution in [2.75, 3.05) is 31.1 Å². The van der Waals surface area contributed by atoms with E-state index in [1.54, 1.807) is 12.1 Å². The van der Waals surface area contributed by atoms with Crippen LogP contribution in [0.5, 0.6) is 5.75 Å². The second-order valence-electron chi connectivity index (χ2n) is 5.15. The molecule has 1 heterocycles. The number of hydrogen-bond donors (Lipinski definition) is 1. The third kappa shape index (κ3) is 3.73. The van der Waals surface area contributed by atoms with Crippen LogP contribution in [0.1, 0.15) is 5.56 Å². The van der Waals surface area contributed by atoms with Crippen molar-refractivity contribution in [3.63, 3.8) is 0 Å². The van der Waals surface area contributed by atoms with Gasteiger partial charge in [0.1, 0.15) is 18.2 Å². The summed E-state index contributed by atoms with van der Waals surface area (Å²) >= 11 is 0. The van der Waals surface area contributed by atoms with Crippen LogP contribution in [0.4, 0.5) is 10.1 Å². The lowest BCUT2D eigenvalue weighted by atomic mass is 10.2. The zero-order chi connectivity index (χ0) is 14.5. The Hall–Kier alpha value is -2.07. The van der Waals surface area contributed by atoms with Crippen LogP contribution in [-0.4, -0.2) is 26.2 Å². The van der Waals surface area contributed by atoms with Crippen LogP contribution < -0.4 is 15.0 Å². The first kappa shape index (κ1) is 13.9. The molecule has 1 fully saturated rings. The molecular weight excluding hydrogens is 267 g/mol. The average molecular weight is 286 g/mol. The van der Waals surface area contributed by atoms with Gasteiger partial charge in [0.2, 0.25) is 0 Å². The van der Waals surface area contributed by atoms with Gasteiger partial charge in [-0.3, -0.25) is 0 Å². The number of anilines is 1. The molecule has 2 aromatic rings. The largest absolute Gasteiger partial charge is 0.489 e. The van der Waals surface area contributed by atoms with Gasteiger partial charge in [0.05, 0.1) is 0 Å². The predicted octanol–water partition coefficient (Wildman–Crippen LogP) is 2.81. The normalized spacial score (nSPS) is 15.0. The molecular formula is C17H19FN2O. The molecule has 21 heavy (non-hydrogen) atoms. The number of rotatable bonds is 4. The van der Waals surface area contributed by atoms with Crippen molar-refractivity contribution in [2.45, 2.75) is 6.61 Å². The van der Waals surface area contributed by atoms with E-state index in [4.69, 9.17) is 4.74 Å². The highest BCUT2D eigenvalue weighted by molar-refractivity contribution is 5.51. The molecule has 0 saturated carbocycles. The molecule has 0 unspecified atom stereocenters. The molecule has 4 heteroatoms. The summed E-state index contributed by atoms with van der Waals surface area (Å²) in [7, 11) is 0. The van der Waals surface area contributed by atoms with E-state index in [1.165, 1.54) is 17.8 Å². The van der Waals surface area contributed by atoms with E-state index in [9.17, 15) is 4.39 Å². The van der Waals surface area contributed by atoms with Crippen molar-refractivity contribution >= 4 is 5.69 Å². The Labute approximate surface area is 124 Å². The lowest BCUT2D eigenvalue weighted by Crippen LogP contribution is -2.43. The number of hydrogen-bond acceptors (Lipinski definition) is 3. The molecule has 1 saturated heterocycles. The number of piperazine rings is 1. The number of benzene rings is 2. The molecule has 0 amide bonds. The second kappa shape index (κ2) is 6.59. The molecule has 0 aliphatic carbocycles. The second-order valence-corrected chi connectivity index (χ2v) is 5.15. The summed E-state index contributed by atoms with van der Waals surface area (Å²) in [4.78, 5) is 2.35. The quantitative estimate of drug-likeness (QED) is 0.935. The zero-order valence-electron chi connectivity index (χ0n) is 11.9.